The highest BCUT2D eigenvalue weighted by Crippen LogP contribution is 2.23. The Morgan fingerprint density at radius 2 is 1.96 bits per heavy atom. The van der Waals surface area contributed by atoms with E-state index in [-0.39, 0.29) is 23.0 Å². The number of ether oxygens (including phenoxy) is 1. The first-order chi connectivity index (χ1) is 12.6. The van der Waals surface area contributed by atoms with E-state index in [1.165, 1.54) is 6.20 Å². The molecule has 2 aromatic carbocycles. The number of amides is 1. The van der Waals surface area contributed by atoms with E-state index in [4.69, 9.17) is 16.3 Å². The van der Waals surface area contributed by atoms with Gasteiger partial charge in [0.15, 0.2) is 0 Å². The van der Waals surface area contributed by atoms with E-state index in [1.54, 1.807) is 23.1 Å². The maximum atomic E-state index is 12.9. The molecule has 0 spiro atoms. The average molecular weight is 369 g/mol. The van der Waals surface area contributed by atoms with E-state index in [2.05, 4.69) is 4.98 Å². The molecular formula is C20H17ClN2O3. The van der Waals surface area contributed by atoms with Crippen LogP contribution >= 0.6 is 11.6 Å². The Hall–Kier alpha value is -2.63. The summed E-state index contributed by atoms with van der Waals surface area (Å²) in [4.78, 5) is 30.4. The lowest BCUT2D eigenvalue weighted by molar-refractivity contribution is -0.0228. The zero-order chi connectivity index (χ0) is 18.1. The normalized spacial score (nSPS) is 17.4. The fourth-order valence-electron chi connectivity index (χ4n) is 3.25. The van der Waals surface area contributed by atoms with Crippen LogP contribution in [0.3, 0.4) is 0 Å². The summed E-state index contributed by atoms with van der Waals surface area (Å²) in [5.74, 6) is -0.294. The zero-order valence-electron chi connectivity index (χ0n) is 13.9. The quantitative estimate of drug-likeness (QED) is 0.754. The number of pyridine rings is 1. The molecule has 1 fully saturated rings. The van der Waals surface area contributed by atoms with Gasteiger partial charge in [0, 0.05) is 18.1 Å². The van der Waals surface area contributed by atoms with Crippen molar-refractivity contribution in [3.05, 3.63) is 81.1 Å². The number of nitrogens with one attached hydrogen (secondary N) is 1. The molecule has 2 heterocycles. The molecule has 1 aromatic heterocycles. The number of halogens is 1. The van der Waals surface area contributed by atoms with Crippen LogP contribution in [0, 0.1) is 0 Å². The molecule has 1 unspecified atom stereocenters. The van der Waals surface area contributed by atoms with Gasteiger partial charge in [0.25, 0.3) is 5.91 Å². The van der Waals surface area contributed by atoms with Crippen molar-refractivity contribution in [3.63, 3.8) is 0 Å². The van der Waals surface area contributed by atoms with Crippen molar-refractivity contribution >= 4 is 28.4 Å². The Morgan fingerprint density at radius 3 is 2.77 bits per heavy atom. The summed E-state index contributed by atoms with van der Waals surface area (Å²) in [5.41, 5.74) is 1.37. The number of nitrogens with zero attached hydrogens (tertiary/aromatic N) is 1. The monoisotopic (exact) mass is 368 g/mol. The number of para-hydroxylation sites is 1. The first-order valence-corrected chi connectivity index (χ1v) is 8.78. The van der Waals surface area contributed by atoms with Crippen molar-refractivity contribution in [3.8, 4) is 0 Å². The first kappa shape index (κ1) is 16.8. The van der Waals surface area contributed by atoms with Gasteiger partial charge in [-0.2, -0.15) is 0 Å². The molecule has 1 atom stereocenters. The van der Waals surface area contributed by atoms with Crippen LogP contribution in [0.2, 0.25) is 5.02 Å². The van der Waals surface area contributed by atoms with Crippen LogP contribution in [0.4, 0.5) is 0 Å². The number of carbonyl (C=O) groups is 1. The average Bonchev–Trinajstić information content (AvgIpc) is 2.69. The molecule has 1 amide bonds. The van der Waals surface area contributed by atoms with Gasteiger partial charge in [-0.25, -0.2) is 0 Å². The number of rotatable bonds is 2. The van der Waals surface area contributed by atoms with Gasteiger partial charge in [0.2, 0.25) is 5.43 Å². The van der Waals surface area contributed by atoms with Crippen LogP contribution in [-0.2, 0) is 4.74 Å². The fourth-order valence-corrected chi connectivity index (χ4v) is 3.48. The van der Waals surface area contributed by atoms with E-state index < -0.39 is 0 Å². The Balaban J connectivity index is 1.64. The molecule has 6 heteroatoms. The van der Waals surface area contributed by atoms with E-state index in [9.17, 15) is 9.59 Å². The third-order valence-electron chi connectivity index (χ3n) is 4.62. The highest BCUT2D eigenvalue weighted by Gasteiger charge is 2.27. The number of hydrogen-bond donors (Lipinski definition) is 1. The van der Waals surface area contributed by atoms with E-state index >= 15 is 0 Å². The van der Waals surface area contributed by atoms with Crippen molar-refractivity contribution in [2.75, 3.05) is 19.7 Å². The summed E-state index contributed by atoms with van der Waals surface area (Å²) in [6, 6.07) is 14.8. The van der Waals surface area contributed by atoms with Gasteiger partial charge in [-0.3, -0.25) is 9.59 Å². The second-order valence-corrected chi connectivity index (χ2v) is 6.62. The lowest BCUT2D eigenvalue weighted by Crippen LogP contribution is -2.43. The molecule has 4 rings (SSSR count). The molecule has 132 valence electrons. The Labute approximate surface area is 155 Å². The molecule has 3 aromatic rings. The molecule has 0 radical (unpaired) electrons. The third-order valence-corrected chi connectivity index (χ3v) is 4.93. The predicted octanol–water partition coefficient (Wildman–Crippen LogP) is 3.40. The molecule has 0 bridgehead atoms. The summed E-state index contributed by atoms with van der Waals surface area (Å²) < 4.78 is 5.80. The number of hydrogen-bond acceptors (Lipinski definition) is 3. The van der Waals surface area contributed by atoms with Crippen molar-refractivity contribution in [1.82, 2.24) is 9.88 Å². The second kappa shape index (κ2) is 6.94. The summed E-state index contributed by atoms with van der Waals surface area (Å²) in [7, 11) is 0. The lowest BCUT2D eigenvalue weighted by atomic mass is 10.1. The molecule has 0 saturated carbocycles. The van der Waals surface area contributed by atoms with Crippen LogP contribution in [0.1, 0.15) is 22.0 Å². The lowest BCUT2D eigenvalue weighted by Gasteiger charge is -2.33. The molecule has 5 nitrogen and oxygen atoms in total. The van der Waals surface area contributed by atoms with Gasteiger partial charge in [0.1, 0.15) is 11.7 Å². The SMILES string of the molecule is O=C(c1c[nH]c2c(Cl)cccc2c1=O)N1CCOC(c2ccccc2)C1. The number of benzene rings is 2. The minimum Gasteiger partial charge on any atom is -0.370 e. The minimum atomic E-state index is -0.311. The Bertz CT molecular complexity index is 1020. The van der Waals surface area contributed by atoms with E-state index in [0.717, 1.165) is 5.56 Å². The van der Waals surface area contributed by atoms with Crippen molar-refractivity contribution in [1.29, 1.82) is 0 Å². The Morgan fingerprint density at radius 1 is 1.15 bits per heavy atom. The van der Waals surface area contributed by atoms with Gasteiger partial charge < -0.3 is 14.6 Å². The van der Waals surface area contributed by atoms with E-state index in [1.807, 2.05) is 30.3 Å². The minimum absolute atomic E-state index is 0.119. The van der Waals surface area contributed by atoms with E-state index in [0.29, 0.717) is 35.6 Å². The predicted molar refractivity (Wildman–Crippen MR) is 101 cm³/mol. The fraction of sp³-hybridized carbons (Fsp3) is 0.200. The number of morpholine rings is 1. The maximum Gasteiger partial charge on any atom is 0.259 e. The maximum absolute atomic E-state index is 12.9. The topological polar surface area (TPSA) is 62.4 Å². The number of H-pyrrole nitrogens is 1. The van der Waals surface area contributed by atoms with Gasteiger partial charge in [0.05, 0.1) is 23.7 Å². The van der Waals surface area contributed by atoms with Crippen molar-refractivity contribution < 1.29 is 9.53 Å². The van der Waals surface area contributed by atoms with Crippen LogP contribution in [0.15, 0.2) is 59.5 Å². The Kier molecular flexibility index (Phi) is 4.49. The summed E-state index contributed by atoms with van der Waals surface area (Å²) in [6.07, 6.45) is 1.26. The van der Waals surface area contributed by atoms with Crippen LogP contribution in [0.25, 0.3) is 10.9 Å². The summed E-state index contributed by atoms with van der Waals surface area (Å²) in [6.45, 7) is 1.30. The largest absolute Gasteiger partial charge is 0.370 e. The summed E-state index contributed by atoms with van der Waals surface area (Å²) >= 11 is 6.11. The van der Waals surface area contributed by atoms with Gasteiger partial charge in [-0.1, -0.05) is 48.0 Å². The number of carbonyl (C=O) groups excluding carboxylic acids is 1. The number of aromatic amines is 1. The summed E-state index contributed by atoms with van der Waals surface area (Å²) in [5, 5.41) is 0.866. The van der Waals surface area contributed by atoms with Crippen LogP contribution in [-0.4, -0.2) is 35.5 Å². The van der Waals surface area contributed by atoms with Gasteiger partial charge in [-0.15, -0.1) is 0 Å². The van der Waals surface area contributed by atoms with Crippen LogP contribution < -0.4 is 5.43 Å². The van der Waals surface area contributed by atoms with Crippen molar-refractivity contribution in [2.24, 2.45) is 0 Å². The second-order valence-electron chi connectivity index (χ2n) is 6.22. The van der Waals surface area contributed by atoms with Crippen molar-refractivity contribution in [2.45, 2.75) is 6.10 Å². The van der Waals surface area contributed by atoms with Gasteiger partial charge >= 0.3 is 0 Å². The highest BCUT2D eigenvalue weighted by atomic mass is 35.5. The molecule has 0 aliphatic carbocycles. The number of fused-ring (bicyclic) bond motifs is 1. The zero-order valence-corrected chi connectivity index (χ0v) is 14.7. The standard InChI is InChI=1S/C20H17ClN2O3/c21-16-8-4-7-14-18(16)22-11-15(19(14)24)20(25)23-9-10-26-17(12-23)13-5-2-1-3-6-13/h1-8,11,17H,9-10,12H2,(H,22,24). The van der Waals surface area contributed by atoms with Crippen LogP contribution in [0.5, 0.6) is 0 Å². The first-order valence-electron chi connectivity index (χ1n) is 8.41. The van der Waals surface area contributed by atoms with Gasteiger partial charge in [-0.05, 0) is 17.7 Å². The molecule has 1 saturated heterocycles. The molecular weight excluding hydrogens is 352 g/mol. The molecule has 1 aliphatic heterocycles. The molecule has 1 aliphatic rings. The highest BCUT2D eigenvalue weighted by molar-refractivity contribution is 6.35. The number of aromatic nitrogens is 1. The molecule has 1 N–H and O–H groups in total. The smallest absolute Gasteiger partial charge is 0.259 e. The molecule has 26 heavy (non-hydrogen) atoms. The third kappa shape index (κ3) is 3.00.